The van der Waals surface area contributed by atoms with E-state index in [2.05, 4.69) is 0 Å². The Balaban J connectivity index is 1.35. The fourth-order valence-corrected chi connectivity index (χ4v) is 5.52. The summed E-state index contributed by atoms with van der Waals surface area (Å²) in [5.41, 5.74) is 0.335. The topological polar surface area (TPSA) is 215 Å². The molecule has 46 heavy (non-hydrogen) atoms. The number of fused-ring (bicyclic) bond motifs is 1. The molecule has 2 fully saturated rings. The molecule has 0 radical (unpaired) electrons. The van der Waals surface area contributed by atoms with Gasteiger partial charge in [-0.25, -0.2) is 9.59 Å². The van der Waals surface area contributed by atoms with Crippen LogP contribution in [0.15, 0.2) is 30.0 Å². The minimum Gasteiger partial charge on any atom is -0.493 e. The number of esters is 3. The highest BCUT2D eigenvalue weighted by Crippen LogP contribution is 2.42. The minimum atomic E-state index is -1.76. The number of ether oxygens (including phenoxy) is 9. The molecule has 2 saturated heterocycles. The summed E-state index contributed by atoms with van der Waals surface area (Å²) in [5, 5.41) is 41.9. The molecule has 256 valence electrons. The van der Waals surface area contributed by atoms with Crippen LogP contribution in [0.25, 0.3) is 0 Å². The van der Waals surface area contributed by atoms with Gasteiger partial charge in [-0.15, -0.1) is 0 Å². The van der Waals surface area contributed by atoms with E-state index in [4.69, 9.17) is 42.6 Å². The van der Waals surface area contributed by atoms with Gasteiger partial charge in [-0.1, -0.05) is 0 Å². The monoisotopic (exact) mass is 656 g/mol. The molecule has 3 heterocycles. The quantitative estimate of drug-likeness (QED) is 0.177. The van der Waals surface area contributed by atoms with Gasteiger partial charge in [0.1, 0.15) is 37.6 Å². The summed E-state index contributed by atoms with van der Waals surface area (Å²) in [5.74, 6) is -3.60. The smallest absolute Gasteiger partial charge is 0.338 e. The van der Waals surface area contributed by atoms with Gasteiger partial charge in [0.2, 0.25) is 6.29 Å². The molecule has 4 rings (SSSR count). The lowest BCUT2D eigenvalue weighted by Crippen LogP contribution is -2.61. The van der Waals surface area contributed by atoms with E-state index in [0.29, 0.717) is 11.5 Å². The number of benzene rings is 1. The number of rotatable bonds is 11. The molecule has 0 aromatic heterocycles. The molecule has 0 bridgehead atoms. The number of hydrogen-bond acceptors (Lipinski definition) is 16. The highest BCUT2D eigenvalue weighted by molar-refractivity contribution is 5.90. The zero-order valence-corrected chi connectivity index (χ0v) is 26.0. The van der Waals surface area contributed by atoms with Gasteiger partial charge in [0, 0.05) is 12.3 Å². The number of methoxy groups -OCH3 is 3. The summed E-state index contributed by atoms with van der Waals surface area (Å²) >= 11 is 0. The Labute approximate surface area is 264 Å². The SMILES string of the molecule is COC(=O)C1=CO[C@@H](O[C@@H]2O[C@H](COC(=O)[C@H](C)COC(=O)c3ccc(OC)c(OC)c3)[C@@H](O)[C@H](O)[C@H]2O)[C@@H]2[C@H](C)O[C@H](O)C[C@H]12. The molecular weight excluding hydrogens is 616 g/mol. The number of hydrogen-bond donors (Lipinski definition) is 4. The molecule has 1 aromatic rings. The molecule has 0 spiro atoms. The van der Waals surface area contributed by atoms with Crippen molar-refractivity contribution in [1.29, 1.82) is 0 Å². The van der Waals surface area contributed by atoms with Crippen molar-refractivity contribution in [3.8, 4) is 11.5 Å². The summed E-state index contributed by atoms with van der Waals surface area (Å²) in [4.78, 5) is 37.5. The van der Waals surface area contributed by atoms with Crippen molar-refractivity contribution in [3.05, 3.63) is 35.6 Å². The van der Waals surface area contributed by atoms with Gasteiger partial charge in [0.05, 0.1) is 56.7 Å². The highest BCUT2D eigenvalue weighted by atomic mass is 16.8. The Morgan fingerprint density at radius 2 is 1.63 bits per heavy atom. The van der Waals surface area contributed by atoms with E-state index >= 15 is 0 Å². The molecule has 0 amide bonds. The second-order valence-electron chi connectivity index (χ2n) is 11.1. The second-order valence-corrected chi connectivity index (χ2v) is 11.1. The Morgan fingerprint density at radius 3 is 2.30 bits per heavy atom. The van der Waals surface area contributed by atoms with Crippen molar-refractivity contribution in [2.24, 2.45) is 17.8 Å². The lowest BCUT2D eigenvalue weighted by molar-refractivity contribution is -0.352. The van der Waals surface area contributed by atoms with Crippen LogP contribution < -0.4 is 9.47 Å². The van der Waals surface area contributed by atoms with E-state index in [-0.39, 0.29) is 24.2 Å². The number of aliphatic hydroxyl groups is 4. The first-order chi connectivity index (χ1) is 21.9. The van der Waals surface area contributed by atoms with E-state index in [1.165, 1.54) is 46.5 Å². The van der Waals surface area contributed by atoms with Gasteiger partial charge in [-0.05, 0) is 32.0 Å². The van der Waals surface area contributed by atoms with Crippen molar-refractivity contribution < 1.29 is 77.4 Å². The third-order valence-electron chi connectivity index (χ3n) is 8.11. The fraction of sp³-hybridized carbons (Fsp3) is 0.633. The summed E-state index contributed by atoms with van der Waals surface area (Å²) in [6, 6.07) is 4.45. The summed E-state index contributed by atoms with van der Waals surface area (Å²) in [6.07, 6.45) is -9.91. The molecule has 0 aliphatic carbocycles. The number of aliphatic hydroxyl groups excluding tert-OH is 4. The van der Waals surface area contributed by atoms with Gasteiger partial charge in [-0.3, -0.25) is 4.79 Å². The Kier molecular flexibility index (Phi) is 11.8. The van der Waals surface area contributed by atoms with Crippen LogP contribution in [-0.4, -0.2) is 122 Å². The molecule has 3 aliphatic rings. The largest absolute Gasteiger partial charge is 0.493 e. The van der Waals surface area contributed by atoms with Gasteiger partial charge in [-0.2, -0.15) is 0 Å². The maximum atomic E-state index is 12.7. The van der Waals surface area contributed by atoms with Crippen LogP contribution in [0.5, 0.6) is 11.5 Å². The summed E-state index contributed by atoms with van der Waals surface area (Å²) < 4.78 is 48.4. The van der Waals surface area contributed by atoms with E-state index < -0.39 is 91.7 Å². The van der Waals surface area contributed by atoms with Gasteiger partial charge in [0.15, 0.2) is 24.1 Å². The van der Waals surface area contributed by atoms with Crippen LogP contribution in [0.2, 0.25) is 0 Å². The van der Waals surface area contributed by atoms with E-state index in [9.17, 15) is 34.8 Å². The number of carbonyl (C=O) groups excluding carboxylic acids is 3. The minimum absolute atomic E-state index is 0.0366. The standard InChI is InChI=1S/C30H40O16/c1-13(10-41-27(36)15-6-7-18(38-3)19(8-15)39-4)26(35)42-12-20-23(32)24(33)25(34)30(45-20)46-29-22-14(2)44-21(31)9-16(22)17(11-43-29)28(37)40-5/h6-8,11,13-14,16,20-25,29-34H,9-10,12H2,1-5H3/t13-,14+,16-,20-,21+,22-,23-,24+,25-,29+,30+/m1/s1. The number of carbonyl (C=O) groups is 3. The Bertz CT molecular complexity index is 1270. The van der Waals surface area contributed by atoms with Crippen LogP contribution in [0.4, 0.5) is 0 Å². The summed E-state index contributed by atoms with van der Waals surface area (Å²) in [7, 11) is 4.08. The van der Waals surface area contributed by atoms with Crippen molar-refractivity contribution in [2.75, 3.05) is 34.5 Å². The summed E-state index contributed by atoms with van der Waals surface area (Å²) in [6.45, 7) is 2.23. The molecule has 1 aromatic carbocycles. The van der Waals surface area contributed by atoms with Crippen LogP contribution in [-0.2, 0) is 42.7 Å². The van der Waals surface area contributed by atoms with Crippen molar-refractivity contribution in [2.45, 2.75) is 69.7 Å². The molecule has 4 N–H and O–H groups in total. The van der Waals surface area contributed by atoms with E-state index in [0.717, 1.165) is 6.26 Å². The Morgan fingerprint density at radius 1 is 0.913 bits per heavy atom. The maximum Gasteiger partial charge on any atom is 0.338 e. The third-order valence-corrected chi connectivity index (χ3v) is 8.11. The van der Waals surface area contributed by atoms with Gasteiger partial charge in [0.25, 0.3) is 0 Å². The Hall–Kier alpha value is -3.51. The molecular formula is C30H40O16. The lowest BCUT2D eigenvalue weighted by atomic mass is 9.77. The van der Waals surface area contributed by atoms with E-state index in [1.54, 1.807) is 6.92 Å². The molecule has 16 heteroatoms. The zero-order chi connectivity index (χ0) is 33.7. The van der Waals surface area contributed by atoms with Crippen molar-refractivity contribution >= 4 is 17.9 Å². The van der Waals surface area contributed by atoms with Crippen LogP contribution >= 0.6 is 0 Å². The zero-order valence-electron chi connectivity index (χ0n) is 26.0. The average Bonchev–Trinajstić information content (AvgIpc) is 3.05. The maximum absolute atomic E-state index is 12.7. The van der Waals surface area contributed by atoms with E-state index in [1.807, 2.05) is 0 Å². The van der Waals surface area contributed by atoms with Crippen LogP contribution in [0.3, 0.4) is 0 Å². The first-order valence-electron chi connectivity index (χ1n) is 14.6. The molecule has 16 nitrogen and oxygen atoms in total. The first-order valence-corrected chi connectivity index (χ1v) is 14.6. The fourth-order valence-electron chi connectivity index (χ4n) is 5.52. The van der Waals surface area contributed by atoms with Gasteiger partial charge >= 0.3 is 17.9 Å². The predicted octanol–water partition coefficient (Wildman–Crippen LogP) is -0.363. The van der Waals surface area contributed by atoms with Crippen LogP contribution in [0, 0.1) is 17.8 Å². The van der Waals surface area contributed by atoms with Crippen molar-refractivity contribution in [1.82, 2.24) is 0 Å². The third kappa shape index (κ3) is 7.71. The second kappa shape index (κ2) is 15.4. The van der Waals surface area contributed by atoms with Crippen LogP contribution in [0.1, 0.15) is 30.6 Å². The molecule has 3 aliphatic heterocycles. The van der Waals surface area contributed by atoms with Crippen molar-refractivity contribution in [3.63, 3.8) is 0 Å². The highest BCUT2D eigenvalue weighted by Gasteiger charge is 2.51. The molecule has 11 atom stereocenters. The molecule has 0 unspecified atom stereocenters. The molecule has 0 saturated carbocycles. The predicted molar refractivity (Wildman–Crippen MR) is 151 cm³/mol. The average molecular weight is 657 g/mol. The normalized spacial score (nSPS) is 32.9. The van der Waals surface area contributed by atoms with Gasteiger partial charge < -0.3 is 63.1 Å². The lowest BCUT2D eigenvalue weighted by Gasteiger charge is -2.47. The first kappa shape index (κ1) is 35.3.